The van der Waals surface area contributed by atoms with E-state index in [4.69, 9.17) is 0 Å². The molecule has 19 heavy (non-hydrogen) atoms. The van der Waals surface area contributed by atoms with Gasteiger partial charge in [-0.2, -0.15) is 4.31 Å². The number of sulfonamides is 1. The van der Waals surface area contributed by atoms with E-state index in [2.05, 4.69) is 0 Å². The number of amides is 1. The zero-order valence-corrected chi connectivity index (χ0v) is 13.3. The van der Waals surface area contributed by atoms with Gasteiger partial charge in [-0.3, -0.25) is 4.79 Å². The Kier molecular flexibility index (Phi) is 5.51. The first-order valence-corrected chi connectivity index (χ1v) is 8.35. The van der Waals surface area contributed by atoms with Crippen LogP contribution in [0.2, 0.25) is 0 Å². The second-order valence-corrected chi connectivity index (χ2v) is 8.31. The summed E-state index contributed by atoms with van der Waals surface area (Å²) in [5.41, 5.74) is 0. The van der Waals surface area contributed by atoms with Gasteiger partial charge < -0.3 is 4.90 Å². The molecule has 0 fully saturated rings. The van der Waals surface area contributed by atoms with Gasteiger partial charge in [0.15, 0.2) is 0 Å². The lowest BCUT2D eigenvalue weighted by Crippen LogP contribution is -2.41. The Morgan fingerprint density at radius 2 is 2.00 bits per heavy atom. The molecule has 0 aromatic carbocycles. The summed E-state index contributed by atoms with van der Waals surface area (Å²) in [6, 6.07) is 3.87. The van der Waals surface area contributed by atoms with Gasteiger partial charge in [0.1, 0.15) is 0 Å². The van der Waals surface area contributed by atoms with Gasteiger partial charge in [-0.15, -0.1) is 11.3 Å². The number of hydrogen-bond acceptors (Lipinski definition) is 4. The fraction of sp³-hybridized carbons (Fsp3) is 0.583. The minimum atomic E-state index is -3.38. The highest BCUT2D eigenvalue weighted by atomic mass is 32.2. The largest absolute Gasteiger partial charge is 0.339 e. The SMILES string of the molecule is CC(C)S(=O)(=O)N(C)CC(=O)N(C)Cc1cccs1. The number of likely N-dealkylation sites (N-methyl/N-ethyl adjacent to an activating group) is 2. The number of thiophene rings is 1. The van der Waals surface area contributed by atoms with Crippen LogP contribution >= 0.6 is 11.3 Å². The van der Waals surface area contributed by atoms with Crippen LogP contribution in [0.25, 0.3) is 0 Å². The highest BCUT2D eigenvalue weighted by Gasteiger charge is 2.25. The smallest absolute Gasteiger partial charge is 0.237 e. The Hall–Kier alpha value is -0.920. The van der Waals surface area contributed by atoms with Crippen LogP contribution in [0.3, 0.4) is 0 Å². The molecule has 0 atom stereocenters. The summed E-state index contributed by atoms with van der Waals surface area (Å²) in [5, 5.41) is 1.43. The number of rotatable bonds is 6. The molecule has 1 aromatic heterocycles. The Balaban J connectivity index is 2.60. The maximum absolute atomic E-state index is 12.0. The van der Waals surface area contributed by atoms with Gasteiger partial charge in [-0.1, -0.05) is 6.07 Å². The fourth-order valence-electron chi connectivity index (χ4n) is 1.49. The van der Waals surface area contributed by atoms with Gasteiger partial charge >= 0.3 is 0 Å². The Bertz CT molecular complexity index is 509. The molecule has 0 aliphatic rings. The number of hydrogen-bond donors (Lipinski definition) is 0. The fourth-order valence-corrected chi connectivity index (χ4v) is 3.25. The van der Waals surface area contributed by atoms with Crippen LogP contribution in [0, 0.1) is 0 Å². The zero-order valence-electron chi connectivity index (χ0n) is 11.7. The first kappa shape index (κ1) is 16.1. The molecule has 1 heterocycles. The van der Waals surface area contributed by atoms with Gasteiger partial charge in [-0.05, 0) is 25.3 Å². The van der Waals surface area contributed by atoms with Crippen LogP contribution in [0.1, 0.15) is 18.7 Å². The average molecular weight is 304 g/mol. The van der Waals surface area contributed by atoms with Gasteiger partial charge in [0, 0.05) is 19.0 Å². The van der Waals surface area contributed by atoms with Crippen molar-refractivity contribution in [3.8, 4) is 0 Å². The minimum absolute atomic E-state index is 0.123. The van der Waals surface area contributed by atoms with Crippen LogP contribution in [-0.2, 0) is 21.4 Å². The summed E-state index contributed by atoms with van der Waals surface area (Å²) in [6.45, 7) is 3.59. The van der Waals surface area contributed by atoms with E-state index in [0.717, 1.165) is 9.18 Å². The van der Waals surface area contributed by atoms with E-state index in [1.165, 1.54) is 11.9 Å². The average Bonchev–Trinajstić information content (AvgIpc) is 2.81. The summed E-state index contributed by atoms with van der Waals surface area (Å²) in [4.78, 5) is 14.6. The predicted molar refractivity (Wildman–Crippen MR) is 77.5 cm³/mol. The maximum Gasteiger partial charge on any atom is 0.237 e. The van der Waals surface area contributed by atoms with Crippen molar-refractivity contribution in [2.24, 2.45) is 0 Å². The van der Waals surface area contributed by atoms with E-state index < -0.39 is 15.3 Å². The number of carbonyl (C=O) groups is 1. The molecule has 1 amide bonds. The van der Waals surface area contributed by atoms with Gasteiger partial charge in [0.25, 0.3) is 0 Å². The molecule has 0 aliphatic heterocycles. The molecular formula is C12H20N2O3S2. The van der Waals surface area contributed by atoms with Crippen molar-refractivity contribution in [3.05, 3.63) is 22.4 Å². The van der Waals surface area contributed by atoms with E-state index in [1.807, 2.05) is 17.5 Å². The first-order chi connectivity index (χ1) is 8.75. The topological polar surface area (TPSA) is 57.7 Å². The molecule has 1 rings (SSSR count). The van der Waals surface area contributed by atoms with Crippen molar-refractivity contribution in [2.45, 2.75) is 25.6 Å². The standard InChI is InChI=1S/C12H20N2O3S2/c1-10(2)19(16,17)14(4)9-12(15)13(3)8-11-6-5-7-18-11/h5-7,10H,8-9H2,1-4H3. The molecule has 0 radical (unpaired) electrons. The molecule has 1 aromatic rings. The monoisotopic (exact) mass is 304 g/mol. The summed E-state index contributed by atoms with van der Waals surface area (Å²) in [6.07, 6.45) is 0. The Labute approximate surface area is 118 Å². The van der Waals surface area contributed by atoms with Crippen molar-refractivity contribution in [1.29, 1.82) is 0 Å². The van der Waals surface area contributed by atoms with Crippen LogP contribution in [0.15, 0.2) is 17.5 Å². The van der Waals surface area contributed by atoms with Crippen molar-refractivity contribution < 1.29 is 13.2 Å². The second-order valence-electron chi connectivity index (χ2n) is 4.68. The maximum atomic E-state index is 12.0. The van der Waals surface area contributed by atoms with E-state index in [1.54, 1.807) is 32.2 Å². The van der Waals surface area contributed by atoms with E-state index in [-0.39, 0.29) is 12.5 Å². The lowest BCUT2D eigenvalue weighted by Gasteiger charge is -2.22. The first-order valence-electron chi connectivity index (χ1n) is 5.96. The summed E-state index contributed by atoms with van der Waals surface area (Å²) in [7, 11) is -0.264. The quantitative estimate of drug-likeness (QED) is 0.798. The summed E-state index contributed by atoms with van der Waals surface area (Å²) in [5.74, 6) is -0.208. The molecular weight excluding hydrogens is 284 g/mol. The summed E-state index contributed by atoms with van der Waals surface area (Å²) >= 11 is 1.57. The van der Waals surface area contributed by atoms with Crippen LogP contribution in [-0.4, -0.2) is 49.4 Å². The van der Waals surface area contributed by atoms with Crippen molar-refractivity contribution in [3.63, 3.8) is 0 Å². The lowest BCUT2D eigenvalue weighted by atomic mass is 10.4. The molecule has 0 saturated heterocycles. The minimum Gasteiger partial charge on any atom is -0.339 e. The third kappa shape index (κ3) is 4.29. The number of carbonyl (C=O) groups excluding carboxylic acids is 1. The highest BCUT2D eigenvalue weighted by molar-refractivity contribution is 7.89. The third-order valence-electron chi connectivity index (χ3n) is 2.79. The van der Waals surface area contributed by atoms with E-state index >= 15 is 0 Å². The molecule has 5 nitrogen and oxygen atoms in total. The Morgan fingerprint density at radius 3 is 2.47 bits per heavy atom. The predicted octanol–water partition coefficient (Wildman–Crippen LogP) is 1.38. The van der Waals surface area contributed by atoms with Crippen molar-refractivity contribution >= 4 is 27.3 Å². The zero-order chi connectivity index (χ0) is 14.6. The highest BCUT2D eigenvalue weighted by Crippen LogP contribution is 2.12. The van der Waals surface area contributed by atoms with Crippen LogP contribution in [0.5, 0.6) is 0 Å². The molecule has 0 unspecified atom stereocenters. The third-order valence-corrected chi connectivity index (χ3v) is 5.84. The van der Waals surface area contributed by atoms with Crippen LogP contribution < -0.4 is 0 Å². The van der Waals surface area contributed by atoms with E-state index in [0.29, 0.717) is 6.54 Å². The summed E-state index contributed by atoms with van der Waals surface area (Å²) < 4.78 is 24.8. The van der Waals surface area contributed by atoms with Crippen molar-refractivity contribution in [1.82, 2.24) is 9.21 Å². The molecule has 0 bridgehead atoms. The Morgan fingerprint density at radius 1 is 1.37 bits per heavy atom. The normalized spacial score (nSPS) is 12.1. The molecule has 0 spiro atoms. The van der Waals surface area contributed by atoms with Crippen molar-refractivity contribution in [2.75, 3.05) is 20.6 Å². The number of nitrogens with zero attached hydrogens (tertiary/aromatic N) is 2. The van der Waals surface area contributed by atoms with Gasteiger partial charge in [-0.25, -0.2) is 8.42 Å². The van der Waals surface area contributed by atoms with Gasteiger partial charge in [0.2, 0.25) is 15.9 Å². The second kappa shape index (κ2) is 6.49. The lowest BCUT2D eigenvalue weighted by molar-refractivity contribution is -0.130. The molecule has 0 aliphatic carbocycles. The van der Waals surface area contributed by atoms with Gasteiger partial charge in [0.05, 0.1) is 18.3 Å². The van der Waals surface area contributed by atoms with E-state index in [9.17, 15) is 13.2 Å². The molecule has 7 heteroatoms. The molecule has 0 saturated carbocycles. The molecule has 108 valence electrons. The van der Waals surface area contributed by atoms with Crippen LogP contribution in [0.4, 0.5) is 0 Å². The molecule has 0 N–H and O–H groups in total.